The summed E-state index contributed by atoms with van der Waals surface area (Å²) in [7, 11) is 0. The molecule has 0 aliphatic carbocycles. The quantitative estimate of drug-likeness (QED) is 0.665. The molecular formula is C11H23NO. The van der Waals surface area contributed by atoms with E-state index >= 15 is 0 Å². The molecule has 2 nitrogen and oxygen atoms in total. The first-order valence-electron chi connectivity index (χ1n) is 5.59. The fourth-order valence-corrected chi connectivity index (χ4v) is 1.74. The monoisotopic (exact) mass is 185 g/mol. The molecular weight excluding hydrogens is 162 g/mol. The van der Waals surface area contributed by atoms with Crippen LogP contribution in [0, 0.1) is 5.92 Å². The van der Waals surface area contributed by atoms with Gasteiger partial charge in [-0.1, -0.05) is 13.8 Å². The van der Waals surface area contributed by atoms with Crippen molar-refractivity contribution in [2.45, 2.75) is 33.1 Å². The van der Waals surface area contributed by atoms with Crippen LogP contribution in [-0.2, 0) is 4.74 Å². The SMILES string of the molecule is CC(C)CCCN1CCCOCC1. The van der Waals surface area contributed by atoms with E-state index in [1.54, 1.807) is 0 Å². The fourth-order valence-electron chi connectivity index (χ4n) is 1.74. The summed E-state index contributed by atoms with van der Waals surface area (Å²) < 4.78 is 5.41. The Labute approximate surface area is 82.3 Å². The van der Waals surface area contributed by atoms with Crippen molar-refractivity contribution in [2.75, 3.05) is 32.8 Å². The van der Waals surface area contributed by atoms with Crippen molar-refractivity contribution in [3.8, 4) is 0 Å². The molecule has 13 heavy (non-hydrogen) atoms. The van der Waals surface area contributed by atoms with Gasteiger partial charge in [0.05, 0.1) is 6.61 Å². The van der Waals surface area contributed by atoms with Crippen LogP contribution in [-0.4, -0.2) is 37.7 Å². The van der Waals surface area contributed by atoms with Crippen LogP contribution in [0.4, 0.5) is 0 Å². The van der Waals surface area contributed by atoms with Gasteiger partial charge in [-0.3, -0.25) is 0 Å². The van der Waals surface area contributed by atoms with E-state index in [1.165, 1.54) is 32.4 Å². The number of nitrogens with zero attached hydrogens (tertiary/aromatic N) is 1. The molecule has 0 aromatic carbocycles. The Morgan fingerprint density at radius 2 is 2.08 bits per heavy atom. The zero-order valence-electron chi connectivity index (χ0n) is 9.09. The zero-order chi connectivity index (χ0) is 9.52. The average Bonchev–Trinajstić information content (AvgIpc) is 2.32. The number of hydrogen-bond donors (Lipinski definition) is 0. The lowest BCUT2D eigenvalue weighted by Crippen LogP contribution is -2.27. The van der Waals surface area contributed by atoms with Crippen LogP contribution in [0.2, 0.25) is 0 Å². The van der Waals surface area contributed by atoms with Crippen LogP contribution in [0.25, 0.3) is 0 Å². The number of ether oxygens (including phenoxy) is 1. The van der Waals surface area contributed by atoms with Crippen molar-refractivity contribution in [1.82, 2.24) is 4.90 Å². The Kier molecular flexibility index (Phi) is 5.40. The largest absolute Gasteiger partial charge is 0.380 e. The lowest BCUT2D eigenvalue weighted by Gasteiger charge is -2.19. The second kappa shape index (κ2) is 6.39. The second-order valence-electron chi connectivity index (χ2n) is 4.34. The van der Waals surface area contributed by atoms with Crippen LogP contribution in [0.15, 0.2) is 0 Å². The first kappa shape index (κ1) is 11.0. The topological polar surface area (TPSA) is 12.5 Å². The van der Waals surface area contributed by atoms with Crippen molar-refractivity contribution in [2.24, 2.45) is 5.92 Å². The minimum Gasteiger partial charge on any atom is -0.380 e. The maximum atomic E-state index is 5.41. The molecule has 0 radical (unpaired) electrons. The maximum absolute atomic E-state index is 5.41. The summed E-state index contributed by atoms with van der Waals surface area (Å²) in [4.78, 5) is 2.54. The standard InChI is InChI=1S/C11H23NO/c1-11(2)5-3-6-12-7-4-9-13-10-8-12/h11H,3-10H2,1-2H3. The van der Waals surface area contributed by atoms with Gasteiger partial charge < -0.3 is 9.64 Å². The van der Waals surface area contributed by atoms with Crippen molar-refractivity contribution in [3.63, 3.8) is 0 Å². The van der Waals surface area contributed by atoms with Gasteiger partial charge >= 0.3 is 0 Å². The van der Waals surface area contributed by atoms with Gasteiger partial charge in [-0.15, -0.1) is 0 Å². The third kappa shape index (κ3) is 5.27. The van der Waals surface area contributed by atoms with Gasteiger partial charge in [0.25, 0.3) is 0 Å². The third-order valence-corrected chi connectivity index (χ3v) is 2.57. The molecule has 0 atom stereocenters. The highest BCUT2D eigenvalue weighted by Crippen LogP contribution is 2.06. The van der Waals surface area contributed by atoms with Gasteiger partial charge in [-0.25, -0.2) is 0 Å². The van der Waals surface area contributed by atoms with Crippen molar-refractivity contribution >= 4 is 0 Å². The van der Waals surface area contributed by atoms with E-state index in [9.17, 15) is 0 Å². The van der Waals surface area contributed by atoms with E-state index in [0.717, 1.165) is 25.7 Å². The Morgan fingerprint density at radius 3 is 2.85 bits per heavy atom. The number of hydrogen-bond acceptors (Lipinski definition) is 2. The molecule has 78 valence electrons. The minimum absolute atomic E-state index is 0.850. The highest BCUT2D eigenvalue weighted by atomic mass is 16.5. The van der Waals surface area contributed by atoms with Crippen LogP contribution in [0.5, 0.6) is 0 Å². The molecule has 0 saturated carbocycles. The van der Waals surface area contributed by atoms with E-state index in [0.29, 0.717) is 0 Å². The Bertz CT molecular complexity index is 117. The molecule has 1 saturated heterocycles. The molecule has 1 aliphatic heterocycles. The Hall–Kier alpha value is -0.0800. The highest BCUT2D eigenvalue weighted by Gasteiger charge is 2.08. The molecule has 0 N–H and O–H groups in total. The van der Waals surface area contributed by atoms with E-state index in [-0.39, 0.29) is 0 Å². The molecule has 2 heteroatoms. The molecule has 0 aromatic rings. The lowest BCUT2D eigenvalue weighted by atomic mass is 10.1. The molecule has 0 amide bonds. The molecule has 0 unspecified atom stereocenters. The number of rotatable bonds is 4. The molecule has 1 rings (SSSR count). The zero-order valence-corrected chi connectivity index (χ0v) is 9.09. The summed E-state index contributed by atoms with van der Waals surface area (Å²) in [5.41, 5.74) is 0. The van der Waals surface area contributed by atoms with Gasteiger partial charge in [-0.2, -0.15) is 0 Å². The molecule has 0 aromatic heterocycles. The molecule has 0 spiro atoms. The maximum Gasteiger partial charge on any atom is 0.0593 e. The first-order valence-corrected chi connectivity index (χ1v) is 5.59. The van der Waals surface area contributed by atoms with E-state index < -0.39 is 0 Å². The fraction of sp³-hybridized carbons (Fsp3) is 1.00. The van der Waals surface area contributed by atoms with Crippen LogP contribution in [0.3, 0.4) is 0 Å². The molecule has 1 aliphatic rings. The molecule has 1 heterocycles. The van der Waals surface area contributed by atoms with Crippen molar-refractivity contribution in [3.05, 3.63) is 0 Å². The summed E-state index contributed by atoms with van der Waals surface area (Å²) >= 11 is 0. The van der Waals surface area contributed by atoms with Gasteiger partial charge in [0.15, 0.2) is 0 Å². The van der Waals surface area contributed by atoms with E-state index in [4.69, 9.17) is 4.74 Å². The van der Waals surface area contributed by atoms with Crippen molar-refractivity contribution < 1.29 is 4.74 Å². The predicted octanol–water partition coefficient (Wildman–Crippen LogP) is 2.14. The van der Waals surface area contributed by atoms with Crippen molar-refractivity contribution in [1.29, 1.82) is 0 Å². The normalized spacial score (nSPS) is 20.5. The molecule has 0 bridgehead atoms. The van der Waals surface area contributed by atoms with Gasteiger partial charge in [-0.05, 0) is 31.7 Å². The Balaban J connectivity index is 2.05. The van der Waals surface area contributed by atoms with Gasteiger partial charge in [0.2, 0.25) is 0 Å². The van der Waals surface area contributed by atoms with Crippen LogP contribution in [0.1, 0.15) is 33.1 Å². The summed E-state index contributed by atoms with van der Waals surface area (Å²) in [5, 5.41) is 0. The predicted molar refractivity (Wildman–Crippen MR) is 55.9 cm³/mol. The van der Waals surface area contributed by atoms with E-state index in [2.05, 4.69) is 18.7 Å². The summed E-state index contributed by atoms with van der Waals surface area (Å²) in [5.74, 6) is 0.850. The Morgan fingerprint density at radius 1 is 1.23 bits per heavy atom. The van der Waals surface area contributed by atoms with Crippen LogP contribution >= 0.6 is 0 Å². The van der Waals surface area contributed by atoms with Gasteiger partial charge in [0.1, 0.15) is 0 Å². The second-order valence-corrected chi connectivity index (χ2v) is 4.34. The minimum atomic E-state index is 0.850. The third-order valence-electron chi connectivity index (χ3n) is 2.57. The summed E-state index contributed by atoms with van der Waals surface area (Å²) in [6.07, 6.45) is 3.91. The molecule has 1 fully saturated rings. The average molecular weight is 185 g/mol. The first-order chi connectivity index (χ1) is 6.29. The van der Waals surface area contributed by atoms with Crippen LogP contribution < -0.4 is 0 Å². The lowest BCUT2D eigenvalue weighted by molar-refractivity contribution is 0.141. The summed E-state index contributed by atoms with van der Waals surface area (Å²) in [6.45, 7) is 10.1. The van der Waals surface area contributed by atoms with E-state index in [1.807, 2.05) is 0 Å². The highest BCUT2D eigenvalue weighted by molar-refractivity contribution is 4.61. The van der Waals surface area contributed by atoms with Gasteiger partial charge in [0, 0.05) is 19.7 Å². The smallest absolute Gasteiger partial charge is 0.0593 e. The summed E-state index contributed by atoms with van der Waals surface area (Å²) in [6, 6.07) is 0.